The molecule has 0 aromatic carbocycles. The number of nitrogens with zero attached hydrogens (tertiary/aromatic N) is 2. The summed E-state index contributed by atoms with van der Waals surface area (Å²) in [6.07, 6.45) is 1.60. The number of nitro groups is 1. The average molecular weight is 288 g/mol. The Kier molecular flexibility index (Phi) is 2.69. The summed E-state index contributed by atoms with van der Waals surface area (Å²) in [7, 11) is 0. The van der Waals surface area contributed by atoms with E-state index < -0.39 is 16.6 Å². The van der Waals surface area contributed by atoms with Crippen LogP contribution in [0.25, 0.3) is 0 Å². The predicted molar refractivity (Wildman–Crippen MR) is 59.7 cm³/mol. The molecule has 2 rings (SSSR count). The maximum atomic E-state index is 10.9. The molecule has 1 heterocycles. The molecule has 0 atom stereocenters. The van der Waals surface area contributed by atoms with E-state index in [9.17, 15) is 15.2 Å². The minimum Gasteiger partial charge on any atom is -0.393 e. The molecule has 7 heteroatoms. The molecule has 0 amide bonds. The van der Waals surface area contributed by atoms with Crippen LogP contribution in [0.2, 0.25) is 0 Å². The maximum absolute atomic E-state index is 10.9. The van der Waals surface area contributed by atoms with Gasteiger partial charge in [0, 0.05) is 16.7 Å². The molecule has 0 radical (unpaired) electrons. The van der Waals surface area contributed by atoms with Crippen molar-refractivity contribution in [2.24, 2.45) is 5.73 Å². The molecule has 1 fully saturated rings. The Hall–Kier alpha value is -1.05. The van der Waals surface area contributed by atoms with Gasteiger partial charge in [0.2, 0.25) is 0 Å². The van der Waals surface area contributed by atoms with E-state index in [1.54, 1.807) is 0 Å². The molecule has 3 N–H and O–H groups in total. The zero-order valence-corrected chi connectivity index (χ0v) is 9.85. The first-order valence-electron chi connectivity index (χ1n) is 4.70. The number of rotatable bonds is 2. The van der Waals surface area contributed by atoms with Gasteiger partial charge in [-0.05, 0) is 28.8 Å². The van der Waals surface area contributed by atoms with Crippen LogP contribution in [-0.2, 0) is 5.54 Å². The van der Waals surface area contributed by atoms with Gasteiger partial charge in [-0.1, -0.05) is 0 Å². The van der Waals surface area contributed by atoms with Crippen molar-refractivity contribution in [2.45, 2.75) is 24.5 Å². The van der Waals surface area contributed by atoms with Crippen molar-refractivity contribution in [3.05, 3.63) is 32.5 Å². The van der Waals surface area contributed by atoms with Crippen molar-refractivity contribution in [1.82, 2.24) is 4.98 Å². The third-order valence-electron chi connectivity index (χ3n) is 2.70. The largest absolute Gasteiger partial charge is 0.393 e. The predicted octanol–water partition coefficient (Wildman–Crippen LogP) is 1.06. The molecule has 1 aromatic heterocycles. The van der Waals surface area contributed by atoms with Gasteiger partial charge in [-0.3, -0.25) is 15.1 Å². The molecule has 1 aromatic rings. The monoisotopic (exact) mass is 287 g/mol. The highest BCUT2D eigenvalue weighted by Gasteiger charge is 2.46. The fraction of sp³-hybridized carbons (Fsp3) is 0.444. The Labute approximate surface area is 99.8 Å². The number of halogens is 1. The number of aliphatic hydroxyl groups is 1. The van der Waals surface area contributed by atoms with Gasteiger partial charge >= 0.3 is 0 Å². The first-order chi connectivity index (χ1) is 7.42. The molecule has 0 unspecified atom stereocenters. The van der Waals surface area contributed by atoms with E-state index in [1.807, 2.05) is 0 Å². The van der Waals surface area contributed by atoms with Crippen LogP contribution >= 0.6 is 15.9 Å². The van der Waals surface area contributed by atoms with Gasteiger partial charge in [0.25, 0.3) is 5.69 Å². The quantitative estimate of drug-likeness (QED) is 0.625. The van der Waals surface area contributed by atoms with Gasteiger partial charge in [-0.25, -0.2) is 0 Å². The number of pyridine rings is 1. The highest BCUT2D eigenvalue weighted by atomic mass is 79.9. The average Bonchev–Trinajstić information content (AvgIpc) is 2.15. The lowest BCUT2D eigenvalue weighted by molar-refractivity contribution is -0.386. The summed E-state index contributed by atoms with van der Waals surface area (Å²) in [5.41, 5.74) is 5.22. The van der Waals surface area contributed by atoms with E-state index in [0.717, 1.165) is 0 Å². The SMILES string of the molecule is NC1(c2ncc(Br)cc2[N+](=O)[O-])CC(O)C1. The molecular weight excluding hydrogens is 278 g/mol. The molecule has 1 saturated carbocycles. The summed E-state index contributed by atoms with van der Waals surface area (Å²) in [5.74, 6) is 0. The van der Waals surface area contributed by atoms with Crippen molar-refractivity contribution in [3.63, 3.8) is 0 Å². The fourth-order valence-corrected chi connectivity index (χ4v) is 2.25. The smallest absolute Gasteiger partial charge is 0.293 e. The van der Waals surface area contributed by atoms with Crippen molar-refractivity contribution in [2.75, 3.05) is 0 Å². The molecule has 1 aliphatic rings. The van der Waals surface area contributed by atoms with Crippen molar-refractivity contribution in [3.8, 4) is 0 Å². The normalized spacial score (nSPS) is 28.6. The molecule has 0 bridgehead atoms. The lowest BCUT2D eigenvalue weighted by atomic mass is 9.72. The maximum Gasteiger partial charge on any atom is 0.293 e. The Morgan fingerprint density at radius 2 is 2.31 bits per heavy atom. The first-order valence-corrected chi connectivity index (χ1v) is 5.49. The lowest BCUT2D eigenvalue weighted by Crippen LogP contribution is -2.52. The minimum atomic E-state index is -0.872. The Bertz CT molecular complexity index is 446. The molecule has 16 heavy (non-hydrogen) atoms. The van der Waals surface area contributed by atoms with Crippen molar-refractivity contribution in [1.29, 1.82) is 0 Å². The molecular formula is C9H10BrN3O3. The second-order valence-electron chi connectivity index (χ2n) is 4.00. The molecule has 0 aliphatic heterocycles. The van der Waals surface area contributed by atoms with E-state index >= 15 is 0 Å². The summed E-state index contributed by atoms with van der Waals surface area (Å²) in [6, 6.07) is 1.38. The summed E-state index contributed by atoms with van der Waals surface area (Å²) < 4.78 is 0.534. The van der Waals surface area contributed by atoms with Gasteiger partial charge < -0.3 is 10.8 Å². The van der Waals surface area contributed by atoms with Gasteiger partial charge in [0.05, 0.1) is 16.6 Å². The summed E-state index contributed by atoms with van der Waals surface area (Å²) in [6.45, 7) is 0. The van der Waals surface area contributed by atoms with Crippen LogP contribution in [-0.4, -0.2) is 21.1 Å². The van der Waals surface area contributed by atoms with Gasteiger partial charge in [-0.15, -0.1) is 0 Å². The zero-order chi connectivity index (χ0) is 11.9. The van der Waals surface area contributed by atoms with Crippen LogP contribution in [0.4, 0.5) is 5.69 Å². The van der Waals surface area contributed by atoms with Crippen LogP contribution in [0.15, 0.2) is 16.7 Å². The van der Waals surface area contributed by atoms with E-state index in [2.05, 4.69) is 20.9 Å². The van der Waals surface area contributed by atoms with E-state index in [0.29, 0.717) is 17.3 Å². The fourth-order valence-electron chi connectivity index (χ4n) is 1.93. The molecule has 86 valence electrons. The Morgan fingerprint density at radius 1 is 1.69 bits per heavy atom. The molecule has 1 aliphatic carbocycles. The zero-order valence-electron chi connectivity index (χ0n) is 8.26. The van der Waals surface area contributed by atoms with E-state index in [1.165, 1.54) is 12.3 Å². The van der Waals surface area contributed by atoms with Crippen LogP contribution in [0.3, 0.4) is 0 Å². The highest BCUT2D eigenvalue weighted by molar-refractivity contribution is 9.10. The van der Waals surface area contributed by atoms with Crippen LogP contribution < -0.4 is 5.73 Å². The number of aliphatic hydroxyl groups excluding tert-OH is 1. The highest BCUT2D eigenvalue weighted by Crippen LogP contribution is 2.42. The number of hydrogen-bond acceptors (Lipinski definition) is 5. The van der Waals surface area contributed by atoms with Gasteiger partial charge in [0.15, 0.2) is 0 Å². The molecule has 0 spiro atoms. The van der Waals surface area contributed by atoms with Crippen LogP contribution in [0.1, 0.15) is 18.5 Å². The lowest BCUT2D eigenvalue weighted by Gasteiger charge is -2.41. The van der Waals surface area contributed by atoms with Crippen LogP contribution in [0.5, 0.6) is 0 Å². The topological polar surface area (TPSA) is 102 Å². The Morgan fingerprint density at radius 3 is 2.81 bits per heavy atom. The summed E-state index contributed by atoms with van der Waals surface area (Å²) >= 11 is 3.13. The molecule has 0 saturated heterocycles. The van der Waals surface area contributed by atoms with Crippen molar-refractivity contribution >= 4 is 21.6 Å². The van der Waals surface area contributed by atoms with Crippen LogP contribution in [0, 0.1) is 10.1 Å². The second-order valence-corrected chi connectivity index (χ2v) is 4.91. The van der Waals surface area contributed by atoms with E-state index in [4.69, 9.17) is 5.73 Å². The number of aromatic nitrogens is 1. The second kappa shape index (κ2) is 3.76. The Balaban J connectivity index is 2.45. The number of hydrogen-bond donors (Lipinski definition) is 2. The first kappa shape index (κ1) is 11.4. The minimum absolute atomic E-state index is 0.108. The molecule has 6 nitrogen and oxygen atoms in total. The third kappa shape index (κ3) is 1.81. The van der Waals surface area contributed by atoms with E-state index in [-0.39, 0.29) is 11.4 Å². The number of nitrogens with two attached hydrogens (primary N) is 1. The van der Waals surface area contributed by atoms with Crippen molar-refractivity contribution < 1.29 is 10.0 Å². The standard InChI is InChI=1S/C9H10BrN3O3/c10-5-1-7(13(15)16)8(12-4-5)9(11)2-6(14)3-9/h1,4,6,14H,2-3,11H2. The van der Waals surface area contributed by atoms with Gasteiger partial charge in [0.1, 0.15) is 5.69 Å². The third-order valence-corrected chi connectivity index (χ3v) is 3.14. The summed E-state index contributed by atoms with van der Waals surface area (Å²) in [4.78, 5) is 14.4. The van der Waals surface area contributed by atoms with Gasteiger partial charge in [-0.2, -0.15) is 0 Å². The summed E-state index contributed by atoms with van der Waals surface area (Å²) in [5, 5.41) is 20.1.